The van der Waals surface area contributed by atoms with Crippen LogP contribution in [-0.2, 0) is 4.74 Å². The minimum atomic E-state index is -1.36. The van der Waals surface area contributed by atoms with Crippen molar-refractivity contribution in [2.24, 2.45) is 0 Å². The van der Waals surface area contributed by atoms with E-state index in [0.717, 1.165) is 18.9 Å². The molecular weight excluding hydrogens is 487 g/mol. The van der Waals surface area contributed by atoms with Crippen LogP contribution in [0.4, 0.5) is 29.6 Å². The lowest BCUT2D eigenvalue weighted by molar-refractivity contribution is 0.0546. The molecule has 2 aliphatic rings. The number of amides is 1. The Balaban J connectivity index is 1.17. The number of nitrogens with one attached hydrogen (secondary N) is 3. The van der Waals surface area contributed by atoms with Crippen LogP contribution in [0, 0.1) is 11.6 Å². The van der Waals surface area contributed by atoms with Crippen molar-refractivity contribution in [2.75, 3.05) is 5.32 Å². The molecule has 12 heteroatoms. The van der Waals surface area contributed by atoms with Gasteiger partial charge in [-0.05, 0) is 50.8 Å². The number of aromatic nitrogens is 5. The number of alkyl carbamates (subject to hydrolysis) is 1. The molecule has 0 saturated heterocycles. The van der Waals surface area contributed by atoms with E-state index in [-0.39, 0.29) is 5.54 Å². The van der Waals surface area contributed by atoms with Crippen molar-refractivity contribution in [3.05, 3.63) is 60.1 Å². The number of H-pyrrole nitrogens is 1. The number of rotatable bonds is 6. The molecule has 0 aliphatic heterocycles. The van der Waals surface area contributed by atoms with Gasteiger partial charge in [-0.15, -0.1) is 0 Å². The number of benzene rings is 1. The molecule has 2 saturated carbocycles. The third-order valence-electron chi connectivity index (χ3n) is 6.96. The van der Waals surface area contributed by atoms with E-state index in [2.05, 4.69) is 30.9 Å². The number of fused-ring (bicyclic) bond motifs is 1. The molecule has 37 heavy (non-hydrogen) atoms. The summed E-state index contributed by atoms with van der Waals surface area (Å²) in [6.45, 7) is 1.93. The number of alkyl halides is 1. The quantitative estimate of drug-likeness (QED) is 0.336. The largest absolute Gasteiger partial charge is 0.443 e. The van der Waals surface area contributed by atoms with Gasteiger partial charge in [0.05, 0.1) is 5.69 Å². The van der Waals surface area contributed by atoms with Crippen LogP contribution in [0.3, 0.4) is 0 Å². The van der Waals surface area contributed by atoms with E-state index in [1.54, 1.807) is 18.3 Å². The molecule has 2 fully saturated rings. The monoisotopic (exact) mass is 511 g/mol. The Morgan fingerprint density at radius 2 is 1.95 bits per heavy atom. The minimum absolute atomic E-state index is 0.231. The summed E-state index contributed by atoms with van der Waals surface area (Å²) in [5.41, 5.74) is 1.56. The molecule has 3 heterocycles. The fourth-order valence-corrected chi connectivity index (χ4v) is 4.67. The van der Waals surface area contributed by atoms with Crippen molar-refractivity contribution in [1.82, 2.24) is 30.1 Å². The van der Waals surface area contributed by atoms with E-state index in [9.17, 15) is 13.6 Å². The van der Waals surface area contributed by atoms with Gasteiger partial charge in [0.1, 0.15) is 29.4 Å². The van der Waals surface area contributed by atoms with Gasteiger partial charge < -0.3 is 15.4 Å². The van der Waals surface area contributed by atoms with Crippen molar-refractivity contribution >= 4 is 23.2 Å². The molecule has 9 nitrogen and oxygen atoms in total. The summed E-state index contributed by atoms with van der Waals surface area (Å²) in [5.74, 6) is -1.07. The molecule has 0 bridgehead atoms. The number of hydrogen-bond donors (Lipinski definition) is 3. The number of carbonyl (C=O) groups is 1. The Morgan fingerprint density at radius 3 is 2.70 bits per heavy atom. The van der Waals surface area contributed by atoms with Crippen LogP contribution in [0.2, 0.25) is 0 Å². The van der Waals surface area contributed by atoms with Gasteiger partial charge in [-0.2, -0.15) is 10.2 Å². The lowest BCUT2D eigenvalue weighted by Crippen LogP contribution is -2.38. The summed E-state index contributed by atoms with van der Waals surface area (Å²) in [6.07, 6.45) is 3.07. The molecule has 4 aromatic rings. The van der Waals surface area contributed by atoms with Crippen molar-refractivity contribution < 1.29 is 22.7 Å². The van der Waals surface area contributed by atoms with Gasteiger partial charge in [0.2, 0.25) is 0 Å². The Labute approximate surface area is 209 Å². The smallest absolute Gasteiger partial charge is 0.407 e. The van der Waals surface area contributed by atoms with Crippen LogP contribution < -0.4 is 10.6 Å². The molecule has 3 atom stereocenters. The summed E-state index contributed by atoms with van der Waals surface area (Å²) >= 11 is 0. The summed E-state index contributed by atoms with van der Waals surface area (Å²) in [5, 5.41) is 17.4. The maximum absolute atomic E-state index is 15.2. The third kappa shape index (κ3) is 4.70. The minimum Gasteiger partial charge on any atom is -0.443 e. The average molecular weight is 512 g/mol. The second-order valence-electron chi connectivity index (χ2n) is 9.88. The van der Waals surface area contributed by atoms with Crippen molar-refractivity contribution in [3.63, 3.8) is 0 Å². The summed E-state index contributed by atoms with van der Waals surface area (Å²) in [6, 6.07) is 6.54. The summed E-state index contributed by atoms with van der Waals surface area (Å²) < 4.78 is 49.4. The van der Waals surface area contributed by atoms with E-state index in [1.165, 1.54) is 22.8 Å². The molecule has 2 aliphatic carbocycles. The Bertz CT molecular complexity index is 1460. The number of nitrogens with zero attached hydrogens (tertiary/aromatic N) is 4. The van der Waals surface area contributed by atoms with Crippen molar-refractivity contribution in [3.8, 4) is 11.3 Å². The maximum atomic E-state index is 15.2. The Kier molecular flexibility index (Phi) is 5.54. The topological polar surface area (TPSA) is 109 Å². The zero-order valence-electron chi connectivity index (χ0n) is 19.8. The van der Waals surface area contributed by atoms with Crippen LogP contribution in [0.1, 0.15) is 44.2 Å². The first kappa shape index (κ1) is 23.3. The number of aromatic amines is 1. The standard InChI is InChI=1S/C25H24F3N7O2/c1-25(4-5-25)31-24(36)37-20-3-2-16(22(20)28)18-12-21(33-32-18)30-23-19-11-17(34-35(19)7-6-29-23)13-8-14(26)10-15(27)9-13/h6-12,16,20,22H,2-5H2,1H3,(H,31,36)(H2,29,30,32,33)/t16-,20-,22+/m0/s1. The maximum Gasteiger partial charge on any atom is 0.407 e. The van der Waals surface area contributed by atoms with Gasteiger partial charge >= 0.3 is 6.09 Å². The number of hydrogen-bond acceptors (Lipinski definition) is 6. The van der Waals surface area contributed by atoms with E-state index in [1.807, 2.05) is 6.92 Å². The summed E-state index contributed by atoms with van der Waals surface area (Å²) in [7, 11) is 0. The van der Waals surface area contributed by atoms with Crippen molar-refractivity contribution in [2.45, 2.75) is 56.3 Å². The van der Waals surface area contributed by atoms with Gasteiger partial charge in [0, 0.05) is 47.2 Å². The van der Waals surface area contributed by atoms with Crippen LogP contribution in [0.25, 0.3) is 16.8 Å². The first-order valence-corrected chi connectivity index (χ1v) is 12.0. The van der Waals surface area contributed by atoms with E-state index >= 15 is 4.39 Å². The highest BCUT2D eigenvalue weighted by atomic mass is 19.1. The van der Waals surface area contributed by atoms with Gasteiger partial charge in [-0.25, -0.2) is 27.5 Å². The zero-order valence-corrected chi connectivity index (χ0v) is 19.8. The van der Waals surface area contributed by atoms with E-state index < -0.39 is 35.9 Å². The molecule has 0 spiro atoms. The van der Waals surface area contributed by atoms with E-state index in [0.29, 0.717) is 46.9 Å². The predicted octanol–water partition coefficient (Wildman–Crippen LogP) is 5.00. The number of anilines is 2. The number of ether oxygens (including phenoxy) is 1. The Morgan fingerprint density at radius 1 is 1.16 bits per heavy atom. The van der Waals surface area contributed by atoms with Gasteiger partial charge in [-0.1, -0.05) is 0 Å². The molecule has 6 rings (SSSR count). The summed E-state index contributed by atoms with van der Waals surface area (Å²) in [4.78, 5) is 16.4. The molecule has 1 aromatic carbocycles. The average Bonchev–Trinajstić information content (AvgIpc) is 3.21. The Hall–Kier alpha value is -4.09. The lowest BCUT2D eigenvalue weighted by Gasteiger charge is -2.19. The molecule has 192 valence electrons. The molecule has 0 unspecified atom stereocenters. The number of halogens is 3. The van der Waals surface area contributed by atoms with Gasteiger partial charge in [0.25, 0.3) is 0 Å². The van der Waals surface area contributed by atoms with Crippen LogP contribution >= 0.6 is 0 Å². The van der Waals surface area contributed by atoms with E-state index in [4.69, 9.17) is 4.74 Å². The number of carbonyl (C=O) groups excluding carboxylic acids is 1. The highest BCUT2D eigenvalue weighted by Gasteiger charge is 2.43. The van der Waals surface area contributed by atoms with Gasteiger partial charge in [-0.3, -0.25) is 5.10 Å². The van der Waals surface area contributed by atoms with Crippen LogP contribution in [-0.4, -0.2) is 48.7 Å². The lowest BCUT2D eigenvalue weighted by atomic mass is 10.0. The molecule has 3 N–H and O–H groups in total. The third-order valence-corrected chi connectivity index (χ3v) is 6.96. The second-order valence-corrected chi connectivity index (χ2v) is 9.88. The fraction of sp³-hybridized carbons (Fsp3) is 0.360. The molecular formula is C25H24F3N7O2. The van der Waals surface area contributed by atoms with Crippen molar-refractivity contribution in [1.29, 1.82) is 0 Å². The van der Waals surface area contributed by atoms with Gasteiger partial charge in [0.15, 0.2) is 11.6 Å². The normalized spacial score (nSPS) is 22.2. The van der Waals surface area contributed by atoms with Crippen LogP contribution in [0.5, 0.6) is 0 Å². The zero-order chi connectivity index (χ0) is 25.7. The SMILES string of the molecule is CC1(NC(=O)O[C@H]2CC[C@@H](c3cc(Nc4nccn5nc(-c6cc(F)cc(F)c6)cc45)n[nH]3)[C@H]2F)CC1. The highest BCUT2D eigenvalue weighted by molar-refractivity contribution is 5.77. The molecule has 3 aromatic heterocycles. The second kappa shape index (κ2) is 8.79. The predicted molar refractivity (Wildman–Crippen MR) is 128 cm³/mol. The van der Waals surface area contributed by atoms with Crippen LogP contribution in [0.15, 0.2) is 42.7 Å². The highest BCUT2D eigenvalue weighted by Crippen LogP contribution is 2.39. The first-order valence-electron chi connectivity index (χ1n) is 12.0. The first-order chi connectivity index (χ1) is 17.8. The molecule has 1 amide bonds. The molecule has 0 radical (unpaired) electrons. The fourth-order valence-electron chi connectivity index (χ4n) is 4.67.